The van der Waals surface area contributed by atoms with Crippen molar-refractivity contribution < 1.29 is 14.3 Å². The largest absolute Gasteiger partial charge is 0.479 e. The third-order valence-electron chi connectivity index (χ3n) is 5.70. The first kappa shape index (κ1) is 27.3. The number of rotatable bonds is 17. The maximum Gasteiger partial charge on any atom is 0.347 e. The highest BCUT2D eigenvalue weighted by Gasteiger charge is 2.16. The molecular weight excluding hydrogens is 428 g/mol. The van der Waals surface area contributed by atoms with Gasteiger partial charge in [-0.15, -0.1) is 11.8 Å². The van der Waals surface area contributed by atoms with Crippen LogP contribution in [-0.2, 0) is 9.53 Å². The molecule has 0 spiro atoms. The van der Waals surface area contributed by atoms with Crippen molar-refractivity contribution in [1.29, 1.82) is 0 Å². The van der Waals surface area contributed by atoms with E-state index < -0.39 is 6.10 Å². The van der Waals surface area contributed by atoms with Gasteiger partial charge in [-0.3, -0.25) is 0 Å². The maximum absolute atomic E-state index is 12.0. The number of esters is 1. The number of unbranched alkanes of at least 4 members (excludes halogenated alkanes) is 8. The van der Waals surface area contributed by atoms with Gasteiger partial charge in [0.15, 0.2) is 6.10 Å². The number of ether oxygens (including phenoxy) is 2. The average Bonchev–Trinajstić information content (AvgIpc) is 2.84. The molecule has 182 valence electrons. The van der Waals surface area contributed by atoms with Crippen LogP contribution in [0.4, 0.5) is 0 Å². The minimum atomic E-state index is -0.606. The van der Waals surface area contributed by atoms with Crippen LogP contribution in [0.1, 0.15) is 85.0 Å². The molecule has 2 aromatic rings. The Labute approximate surface area is 205 Å². The molecule has 0 N–H and O–H groups in total. The molecular formula is C29H42O3S. The van der Waals surface area contributed by atoms with Crippen LogP contribution in [0.15, 0.2) is 53.4 Å². The Bertz CT molecular complexity index is 770. The number of carbonyl (C=O) groups excluding carboxylic acids is 1. The van der Waals surface area contributed by atoms with E-state index in [4.69, 9.17) is 9.47 Å². The minimum Gasteiger partial charge on any atom is -0.479 e. The van der Waals surface area contributed by atoms with E-state index in [9.17, 15) is 4.79 Å². The first-order valence-corrected chi connectivity index (χ1v) is 13.8. The Hall–Kier alpha value is -1.94. The van der Waals surface area contributed by atoms with E-state index in [1.54, 1.807) is 6.92 Å². The summed E-state index contributed by atoms with van der Waals surface area (Å²) >= 11 is 1.95. The van der Waals surface area contributed by atoms with Gasteiger partial charge in [0.25, 0.3) is 0 Å². The predicted molar refractivity (Wildman–Crippen MR) is 141 cm³/mol. The van der Waals surface area contributed by atoms with E-state index in [0.717, 1.165) is 24.8 Å². The fourth-order valence-corrected chi connectivity index (χ4v) is 4.53. The molecule has 0 aliphatic carbocycles. The molecule has 3 nitrogen and oxygen atoms in total. The van der Waals surface area contributed by atoms with Crippen LogP contribution in [0, 0.1) is 0 Å². The van der Waals surface area contributed by atoms with Gasteiger partial charge in [0.05, 0.1) is 6.61 Å². The van der Waals surface area contributed by atoms with Gasteiger partial charge >= 0.3 is 5.97 Å². The lowest BCUT2D eigenvalue weighted by atomic mass is 10.1. The van der Waals surface area contributed by atoms with Crippen LogP contribution in [-0.4, -0.2) is 24.4 Å². The van der Waals surface area contributed by atoms with Gasteiger partial charge < -0.3 is 9.47 Å². The zero-order chi connectivity index (χ0) is 23.7. The first-order valence-electron chi connectivity index (χ1n) is 12.8. The standard InChI is InChI=1S/C29H42O3S/c1-4-6-8-9-10-11-13-23-33-28-20-16-26(17-21-28)25-14-18-27(19-15-25)32-24(3)29(30)31-22-12-7-5-2/h14-21,24H,4-13,22-23H2,1-3H3/t24-/m1/s1. The number of carbonyl (C=O) groups is 1. The highest BCUT2D eigenvalue weighted by atomic mass is 32.2. The SMILES string of the molecule is CCCCCCCCCSc1ccc(-c2ccc(O[C@H](C)C(=O)OCCCCC)cc2)cc1. The first-order chi connectivity index (χ1) is 16.1. The van der Waals surface area contributed by atoms with Crippen LogP contribution in [0.3, 0.4) is 0 Å². The van der Waals surface area contributed by atoms with E-state index in [-0.39, 0.29) is 5.97 Å². The molecule has 0 radical (unpaired) electrons. The van der Waals surface area contributed by atoms with Crippen LogP contribution >= 0.6 is 11.8 Å². The zero-order valence-corrected chi connectivity index (χ0v) is 21.6. The Balaban J connectivity index is 1.72. The van der Waals surface area contributed by atoms with Crippen molar-refractivity contribution in [2.45, 2.75) is 96.0 Å². The lowest BCUT2D eigenvalue weighted by Crippen LogP contribution is -2.26. The van der Waals surface area contributed by atoms with Crippen LogP contribution in [0.25, 0.3) is 11.1 Å². The summed E-state index contributed by atoms with van der Waals surface area (Å²) in [7, 11) is 0. The van der Waals surface area contributed by atoms with Crippen LogP contribution in [0.2, 0.25) is 0 Å². The number of hydrogen-bond donors (Lipinski definition) is 0. The summed E-state index contributed by atoms with van der Waals surface area (Å²) in [5.74, 6) is 1.57. The third-order valence-corrected chi connectivity index (χ3v) is 6.79. The summed E-state index contributed by atoms with van der Waals surface area (Å²) in [4.78, 5) is 13.4. The van der Waals surface area contributed by atoms with Crippen LogP contribution in [0.5, 0.6) is 5.75 Å². The molecule has 2 rings (SSSR count). The lowest BCUT2D eigenvalue weighted by Gasteiger charge is -2.14. The summed E-state index contributed by atoms with van der Waals surface area (Å²) in [6.45, 7) is 6.59. The topological polar surface area (TPSA) is 35.5 Å². The molecule has 0 saturated heterocycles. The van der Waals surface area contributed by atoms with Gasteiger partial charge in [-0.05, 0) is 60.9 Å². The molecule has 0 aliphatic rings. The molecule has 0 fully saturated rings. The Morgan fingerprint density at radius 3 is 1.94 bits per heavy atom. The molecule has 33 heavy (non-hydrogen) atoms. The summed E-state index contributed by atoms with van der Waals surface area (Å²) in [6, 6.07) is 16.7. The van der Waals surface area contributed by atoms with E-state index in [1.165, 1.54) is 61.2 Å². The molecule has 1 atom stereocenters. The molecule has 4 heteroatoms. The third kappa shape index (κ3) is 11.2. The van der Waals surface area contributed by atoms with Crippen molar-refractivity contribution >= 4 is 17.7 Å². The van der Waals surface area contributed by atoms with E-state index in [0.29, 0.717) is 12.4 Å². The van der Waals surface area contributed by atoms with Crippen molar-refractivity contribution in [3.8, 4) is 16.9 Å². The molecule has 0 aliphatic heterocycles. The van der Waals surface area contributed by atoms with Crippen molar-refractivity contribution in [3.05, 3.63) is 48.5 Å². The smallest absolute Gasteiger partial charge is 0.347 e. The fraction of sp³-hybridized carbons (Fsp3) is 0.552. The highest BCUT2D eigenvalue weighted by Crippen LogP contribution is 2.27. The summed E-state index contributed by atoms with van der Waals surface area (Å²) in [5, 5.41) is 0. The molecule has 0 unspecified atom stereocenters. The van der Waals surface area contributed by atoms with E-state index in [2.05, 4.69) is 38.1 Å². The second kappa shape index (κ2) is 16.6. The normalized spacial score (nSPS) is 11.8. The van der Waals surface area contributed by atoms with Gasteiger partial charge in [0, 0.05) is 4.90 Å². The number of benzene rings is 2. The lowest BCUT2D eigenvalue weighted by molar-refractivity contribution is -0.151. The summed E-state index contributed by atoms with van der Waals surface area (Å²) in [5.41, 5.74) is 2.32. The minimum absolute atomic E-state index is 0.306. The molecule has 2 aromatic carbocycles. The molecule has 0 heterocycles. The molecule has 0 aromatic heterocycles. The van der Waals surface area contributed by atoms with Gasteiger partial charge in [-0.25, -0.2) is 4.79 Å². The van der Waals surface area contributed by atoms with Gasteiger partial charge in [0.1, 0.15) is 5.75 Å². The maximum atomic E-state index is 12.0. The van der Waals surface area contributed by atoms with E-state index >= 15 is 0 Å². The second-order valence-electron chi connectivity index (χ2n) is 8.65. The van der Waals surface area contributed by atoms with Crippen molar-refractivity contribution in [2.24, 2.45) is 0 Å². The zero-order valence-electron chi connectivity index (χ0n) is 20.8. The summed E-state index contributed by atoms with van der Waals surface area (Å²) < 4.78 is 11.0. The molecule has 0 bridgehead atoms. The molecule has 0 saturated carbocycles. The van der Waals surface area contributed by atoms with Gasteiger partial charge in [-0.1, -0.05) is 89.5 Å². The Kier molecular flexibility index (Phi) is 13.8. The average molecular weight is 471 g/mol. The fourth-order valence-electron chi connectivity index (χ4n) is 3.61. The van der Waals surface area contributed by atoms with Crippen LogP contribution < -0.4 is 4.74 Å². The number of thioether (sulfide) groups is 1. The predicted octanol–water partition coefficient (Wildman–Crippen LogP) is 8.70. The van der Waals surface area contributed by atoms with Crippen molar-refractivity contribution in [1.82, 2.24) is 0 Å². The van der Waals surface area contributed by atoms with Crippen molar-refractivity contribution in [3.63, 3.8) is 0 Å². The van der Waals surface area contributed by atoms with Gasteiger partial charge in [0.2, 0.25) is 0 Å². The Morgan fingerprint density at radius 2 is 1.30 bits per heavy atom. The quantitative estimate of drug-likeness (QED) is 0.132. The van der Waals surface area contributed by atoms with E-state index in [1.807, 2.05) is 36.0 Å². The molecule has 0 amide bonds. The monoisotopic (exact) mass is 470 g/mol. The number of hydrogen-bond acceptors (Lipinski definition) is 4. The second-order valence-corrected chi connectivity index (χ2v) is 9.82. The highest BCUT2D eigenvalue weighted by molar-refractivity contribution is 7.99. The summed E-state index contributed by atoms with van der Waals surface area (Å²) in [6.07, 6.45) is 12.0. The van der Waals surface area contributed by atoms with Crippen molar-refractivity contribution in [2.75, 3.05) is 12.4 Å². The van der Waals surface area contributed by atoms with Gasteiger partial charge in [-0.2, -0.15) is 0 Å². The Morgan fingerprint density at radius 1 is 0.758 bits per heavy atom.